The van der Waals surface area contributed by atoms with E-state index in [1.807, 2.05) is 38.1 Å². The molecule has 7 nitrogen and oxygen atoms in total. The van der Waals surface area contributed by atoms with Gasteiger partial charge in [-0.1, -0.05) is 65.1 Å². The van der Waals surface area contributed by atoms with Crippen LogP contribution in [0.4, 0.5) is 5.69 Å². The van der Waals surface area contributed by atoms with Crippen molar-refractivity contribution < 1.29 is 18.0 Å². The van der Waals surface area contributed by atoms with Gasteiger partial charge >= 0.3 is 0 Å². The number of halogens is 3. The van der Waals surface area contributed by atoms with Gasteiger partial charge in [0, 0.05) is 22.6 Å². The predicted molar refractivity (Wildman–Crippen MR) is 141 cm³/mol. The van der Waals surface area contributed by atoms with E-state index in [2.05, 4.69) is 21.2 Å². The molecule has 0 unspecified atom stereocenters. The summed E-state index contributed by atoms with van der Waals surface area (Å²) in [6, 6.07) is 10.8. The highest BCUT2D eigenvalue weighted by Crippen LogP contribution is 2.30. The van der Waals surface area contributed by atoms with Crippen molar-refractivity contribution in [3.63, 3.8) is 0 Å². The minimum atomic E-state index is -3.88. The first-order valence-corrected chi connectivity index (χ1v) is 13.9. The lowest BCUT2D eigenvalue weighted by Gasteiger charge is -2.32. The smallest absolute Gasteiger partial charge is 0.244 e. The Kier molecular flexibility index (Phi) is 10.2. The van der Waals surface area contributed by atoms with Gasteiger partial charge in [0.25, 0.3) is 0 Å². The zero-order valence-corrected chi connectivity index (χ0v) is 23.3. The molecule has 186 valence electrons. The van der Waals surface area contributed by atoms with E-state index in [9.17, 15) is 18.0 Å². The van der Waals surface area contributed by atoms with Crippen molar-refractivity contribution in [3.05, 3.63) is 62.5 Å². The molecule has 0 aliphatic carbocycles. The van der Waals surface area contributed by atoms with Crippen molar-refractivity contribution in [1.82, 2.24) is 10.2 Å². The fourth-order valence-corrected chi connectivity index (χ4v) is 5.01. The fourth-order valence-electron chi connectivity index (χ4n) is 3.15. The van der Waals surface area contributed by atoms with Crippen molar-refractivity contribution in [2.75, 3.05) is 23.7 Å². The monoisotopic (exact) mass is 591 g/mol. The molecule has 0 fully saturated rings. The number of carbonyl (C=O) groups is 2. The molecule has 0 saturated heterocycles. The number of nitrogens with zero attached hydrogens (tertiary/aromatic N) is 2. The first-order valence-electron chi connectivity index (χ1n) is 10.5. The Morgan fingerprint density at radius 2 is 1.76 bits per heavy atom. The molecule has 2 amide bonds. The summed E-state index contributed by atoms with van der Waals surface area (Å²) in [5.41, 5.74) is 0.905. The van der Waals surface area contributed by atoms with Gasteiger partial charge in [-0.25, -0.2) is 8.42 Å². The molecule has 0 bridgehead atoms. The van der Waals surface area contributed by atoms with Gasteiger partial charge in [0.15, 0.2) is 0 Å². The van der Waals surface area contributed by atoms with E-state index >= 15 is 0 Å². The van der Waals surface area contributed by atoms with Crippen LogP contribution in [0.25, 0.3) is 0 Å². The van der Waals surface area contributed by atoms with Gasteiger partial charge in [-0.3, -0.25) is 13.9 Å². The maximum Gasteiger partial charge on any atom is 0.244 e. The van der Waals surface area contributed by atoms with E-state index in [4.69, 9.17) is 23.2 Å². The van der Waals surface area contributed by atoms with Crippen molar-refractivity contribution in [1.29, 1.82) is 0 Å². The summed E-state index contributed by atoms with van der Waals surface area (Å²) in [5, 5.41) is 3.26. The van der Waals surface area contributed by atoms with Crippen molar-refractivity contribution >= 4 is 66.7 Å². The van der Waals surface area contributed by atoms with Crippen LogP contribution in [0.2, 0.25) is 10.0 Å². The van der Waals surface area contributed by atoms with E-state index in [0.29, 0.717) is 11.6 Å². The number of rotatable bonds is 10. The minimum absolute atomic E-state index is 0.0898. The second kappa shape index (κ2) is 12.2. The molecule has 2 aromatic carbocycles. The zero-order chi connectivity index (χ0) is 25.6. The number of carbonyl (C=O) groups excluding carboxylic acids is 2. The fraction of sp³-hybridized carbons (Fsp3) is 0.391. The molecule has 0 spiro atoms. The maximum atomic E-state index is 13.5. The second-order valence-corrected chi connectivity index (χ2v) is 12.0. The third-order valence-electron chi connectivity index (χ3n) is 4.95. The number of amides is 2. The van der Waals surface area contributed by atoms with E-state index in [1.165, 1.54) is 23.1 Å². The standard InChI is InChI=1S/C23H28BrCl2N3O4S/c1-15(2)12-27-23(31)16(3)28(13-17-6-5-7-18(24)10-17)22(30)14-29(34(4,32)33)21-9-8-19(25)11-20(21)26/h5-11,15-16H,12-14H2,1-4H3,(H,27,31)/t16-/m0/s1. The summed E-state index contributed by atoms with van der Waals surface area (Å²) < 4.78 is 26.9. The van der Waals surface area contributed by atoms with Gasteiger partial charge < -0.3 is 10.2 Å². The third-order valence-corrected chi connectivity index (χ3v) is 7.11. The Balaban J connectivity index is 2.40. The molecule has 0 aliphatic rings. The number of nitrogens with one attached hydrogen (secondary N) is 1. The predicted octanol–water partition coefficient (Wildman–Crippen LogP) is 4.71. The highest BCUT2D eigenvalue weighted by atomic mass is 79.9. The Morgan fingerprint density at radius 3 is 2.32 bits per heavy atom. The topological polar surface area (TPSA) is 86.8 Å². The molecule has 0 radical (unpaired) electrons. The highest BCUT2D eigenvalue weighted by Gasteiger charge is 2.30. The molecule has 1 N–H and O–H groups in total. The van der Waals surface area contributed by atoms with Gasteiger partial charge in [0.05, 0.1) is 17.0 Å². The van der Waals surface area contributed by atoms with Crippen molar-refractivity contribution in [2.24, 2.45) is 5.92 Å². The normalized spacial score (nSPS) is 12.4. The Labute approximate surface area is 219 Å². The number of anilines is 1. The molecule has 1 atom stereocenters. The zero-order valence-electron chi connectivity index (χ0n) is 19.4. The minimum Gasteiger partial charge on any atom is -0.354 e. The summed E-state index contributed by atoms with van der Waals surface area (Å²) in [6.07, 6.45) is 0.989. The largest absolute Gasteiger partial charge is 0.354 e. The summed E-state index contributed by atoms with van der Waals surface area (Å²) in [7, 11) is -3.88. The van der Waals surface area contributed by atoms with Crippen LogP contribution in [0.5, 0.6) is 0 Å². The number of sulfonamides is 1. The molecular formula is C23H28BrCl2N3O4S. The number of hydrogen-bond donors (Lipinski definition) is 1. The van der Waals surface area contributed by atoms with E-state index in [-0.39, 0.29) is 29.1 Å². The number of hydrogen-bond acceptors (Lipinski definition) is 4. The van der Waals surface area contributed by atoms with Crippen LogP contribution in [0.1, 0.15) is 26.3 Å². The molecule has 34 heavy (non-hydrogen) atoms. The van der Waals surface area contributed by atoms with Crippen LogP contribution < -0.4 is 9.62 Å². The lowest BCUT2D eigenvalue weighted by molar-refractivity contribution is -0.139. The van der Waals surface area contributed by atoms with Crippen molar-refractivity contribution in [2.45, 2.75) is 33.4 Å². The lowest BCUT2D eigenvalue weighted by Crippen LogP contribution is -2.51. The van der Waals surface area contributed by atoms with E-state index in [0.717, 1.165) is 20.6 Å². The SMILES string of the molecule is CC(C)CNC(=O)[C@H](C)N(Cc1cccc(Br)c1)C(=O)CN(c1ccc(Cl)cc1Cl)S(C)(=O)=O. The number of benzene rings is 2. The first kappa shape index (κ1) is 28.4. The van der Waals surface area contributed by atoms with Gasteiger partial charge in [-0.05, 0) is 48.7 Å². The highest BCUT2D eigenvalue weighted by molar-refractivity contribution is 9.10. The second-order valence-electron chi connectivity index (χ2n) is 8.33. The van der Waals surface area contributed by atoms with Crippen molar-refractivity contribution in [3.8, 4) is 0 Å². The average molecular weight is 593 g/mol. The van der Waals surface area contributed by atoms with E-state index in [1.54, 1.807) is 6.92 Å². The quantitative estimate of drug-likeness (QED) is 0.433. The van der Waals surface area contributed by atoms with Gasteiger partial charge in [-0.2, -0.15) is 0 Å². The van der Waals surface area contributed by atoms with E-state index < -0.39 is 28.5 Å². The molecule has 0 heterocycles. The molecule has 2 aromatic rings. The Hall–Kier alpha value is -1.81. The molecular weight excluding hydrogens is 565 g/mol. The summed E-state index contributed by atoms with van der Waals surface area (Å²) in [4.78, 5) is 27.7. The molecule has 2 rings (SSSR count). The third kappa shape index (κ3) is 8.15. The molecule has 0 saturated carbocycles. The van der Waals surface area contributed by atoms with Gasteiger partial charge in [0.1, 0.15) is 12.6 Å². The maximum absolute atomic E-state index is 13.5. The Morgan fingerprint density at radius 1 is 1.09 bits per heavy atom. The van der Waals surface area contributed by atoms with Crippen LogP contribution in [0, 0.1) is 5.92 Å². The van der Waals surface area contributed by atoms with Crippen LogP contribution >= 0.6 is 39.1 Å². The van der Waals surface area contributed by atoms with Gasteiger partial charge in [0.2, 0.25) is 21.8 Å². The summed E-state index contributed by atoms with van der Waals surface area (Å²) in [6.45, 7) is 5.59. The Bertz CT molecular complexity index is 1140. The molecule has 11 heteroatoms. The van der Waals surface area contributed by atoms with Crippen LogP contribution in [0.15, 0.2) is 46.9 Å². The first-order chi connectivity index (χ1) is 15.8. The van der Waals surface area contributed by atoms with Crippen LogP contribution in [-0.2, 0) is 26.2 Å². The molecule has 0 aliphatic heterocycles. The van der Waals surface area contributed by atoms with Crippen LogP contribution in [0.3, 0.4) is 0 Å². The average Bonchev–Trinajstić information content (AvgIpc) is 2.73. The lowest BCUT2D eigenvalue weighted by atomic mass is 10.1. The molecule has 0 aromatic heterocycles. The van der Waals surface area contributed by atoms with Gasteiger partial charge in [-0.15, -0.1) is 0 Å². The summed E-state index contributed by atoms with van der Waals surface area (Å²) >= 11 is 15.6. The van der Waals surface area contributed by atoms with Crippen LogP contribution in [-0.4, -0.2) is 50.5 Å². The summed E-state index contributed by atoms with van der Waals surface area (Å²) in [5.74, 6) is -0.644.